The number of hydrogen-bond acceptors (Lipinski definition) is 3. The minimum atomic E-state index is -4.34. The summed E-state index contributed by atoms with van der Waals surface area (Å²) in [6, 6.07) is 9.95. The Labute approximate surface area is 135 Å². The molecule has 0 unspecified atom stereocenters. The summed E-state index contributed by atoms with van der Waals surface area (Å²) in [7, 11) is 1.30. The maximum atomic E-state index is 12.6. The maximum Gasteiger partial charge on any atom is 0.416 e. The highest BCUT2D eigenvalue weighted by atomic mass is 19.4. The molecule has 7 heteroatoms. The molecular weight excluding hydrogens is 321 g/mol. The van der Waals surface area contributed by atoms with Crippen molar-refractivity contribution in [2.45, 2.75) is 12.7 Å². The number of nitrogens with zero attached hydrogens (tertiary/aromatic N) is 2. The summed E-state index contributed by atoms with van der Waals surface area (Å²) in [6.07, 6.45) is -2.57. The van der Waals surface area contributed by atoms with E-state index in [-0.39, 0.29) is 0 Å². The minimum absolute atomic E-state index is 0.334. The molecule has 0 aliphatic heterocycles. The van der Waals surface area contributed by atoms with Crippen molar-refractivity contribution in [3.63, 3.8) is 0 Å². The van der Waals surface area contributed by atoms with Gasteiger partial charge in [0, 0.05) is 11.6 Å². The van der Waals surface area contributed by atoms with Crippen molar-refractivity contribution in [3.8, 4) is 0 Å². The summed E-state index contributed by atoms with van der Waals surface area (Å²) in [5, 5.41) is 5.17. The van der Waals surface area contributed by atoms with E-state index in [9.17, 15) is 18.0 Å². The van der Waals surface area contributed by atoms with Crippen LogP contribution in [0.5, 0.6) is 0 Å². The third kappa shape index (κ3) is 3.24. The van der Waals surface area contributed by atoms with E-state index in [1.54, 1.807) is 29.1 Å². The zero-order valence-corrected chi connectivity index (χ0v) is 12.7. The minimum Gasteiger partial charge on any atom is -0.465 e. The topological polar surface area (TPSA) is 44.1 Å². The molecule has 0 atom stereocenters. The van der Waals surface area contributed by atoms with Crippen molar-refractivity contribution in [1.29, 1.82) is 0 Å². The smallest absolute Gasteiger partial charge is 0.416 e. The van der Waals surface area contributed by atoms with Crippen molar-refractivity contribution in [1.82, 2.24) is 9.78 Å². The lowest BCUT2D eigenvalue weighted by Gasteiger charge is -2.07. The lowest BCUT2D eigenvalue weighted by Crippen LogP contribution is -2.05. The molecule has 0 amide bonds. The molecule has 124 valence electrons. The Morgan fingerprint density at radius 1 is 1.17 bits per heavy atom. The summed E-state index contributed by atoms with van der Waals surface area (Å²) in [4.78, 5) is 11.5. The molecule has 4 nitrogen and oxygen atoms in total. The van der Waals surface area contributed by atoms with E-state index in [0.717, 1.165) is 17.5 Å². The second-order valence-corrected chi connectivity index (χ2v) is 5.29. The molecule has 0 fully saturated rings. The number of esters is 1. The van der Waals surface area contributed by atoms with Crippen LogP contribution in [0.3, 0.4) is 0 Å². The third-order valence-corrected chi connectivity index (χ3v) is 3.60. The first-order chi connectivity index (χ1) is 11.4. The highest BCUT2D eigenvalue weighted by Crippen LogP contribution is 2.29. The zero-order chi connectivity index (χ0) is 17.3. The predicted molar refractivity (Wildman–Crippen MR) is 81.6 cm³/mol. The Hall–Kier alpha value is -2.83. The van der Waals surface area contributed by atoms with Gasteiger partial charge in [0.2, 0.25) is 0 Å². The molecule has 0 saturated heterocycles. The van der Waals surface area contributed by atoms with Gasteiger partial charge in [0.05, 0.1) is 30.3 Å². The number of ether oxygens (including phenoxy) is 1. The van der Waals surface area contributed by atoms with Crippen LogP contribution in [0.25, 0.3) is 10.9 Å². The number of hydrogen-bond donors (Lipinski definition) is 0. The monoisotopic (exact) mass is 334 g/mol. The largest absolute Gasteiger partial charge is 0.465 e. The number of halogens is 3. The van der Waals surface area contributed by atoms with E-state index in [0.29, 0.717) is 23.2 Å². The fourth-order valence-corrected chi connectivity index (χ4v) is 2.38. The van der Waals surface area contributed by atoms with Gasteiger partial charge in [-0.25, -0.2) is 4.79 Å². The summed E-state index contributed by atoms with van der Waals surface area (Å²) in [5.41, 5.74) is 1.03. The van der Waals surface area contributed by atoms with Crippen LogP contribution < -0.4 is 0 Å². The molecule has 1 aromatic heterocycles. The quantitative estimate of drug-likeness (QED) is 0.683. The molecule has 0 saturated carbocycles. The molecule has 1 heterocycles. The number of alkyl halides is 3. The summed E-state index contributed by atoms with van der Waals surface area (Å²) in [5.74, 6) is -0.450. The fraction of sp³-hybridized carbons (Fsp3) is 0.176. The second kappa shape index (κ2) is 5.99. The highest BCUT2D eigenvalue weighted by Gasteiger charge is 2.29. The Morgan fingerprint density at radius 2 is 1.88 bits per heavy atom. The van der Waals surface area contributed by atoms with E-state index >= 15 is 0 Å². The standard InChI is InChI=1S/C17H13F3N2O2/c1-24-16(23)12-4-5-13-10-22(21-15(13)8-12)9-11-2-6-14(7-3-11)17(18,19)20/h2-8,10H,9H2,1H3. The van der Waals surface area contributed by atoms with Gasteiger partial charge in [-0.15, -0.1) is 0 Å². The van der Waals surface area contributed by atoms with Crippen LogP contribution in [0, 0.1) is 0 Å². The number of methoxy groups -OCH3 is 1. The molecule has 0 aliphatic rings. The van der Waals surface area contributed by atoms with Gasteiger partial charge < -0.3 is 4.74 Å². The van der Waals surface area contributed by atoms with Crippen LogP contribution in [0.1, 0.15) is 21.5 Å². The average Bonchev–Trinajstić information content (AvgIpc) is 2.95. The third-order valence-electron chi connectivity index (χ3n) is 3.60. The molecule has 0 bridgehead atoms. The van der Waals surface area contributed by atoms with Crippen molar-refractivity contribution >= 4 is 16.9 Å². The molecule has 3 rings (SSSR count). The number of fused-ring (bicyclic) bond motifs is 1. The van der Waals surface area contributed by atoms with E-state index < -0.39 is 17.7 Å². The second-order valence-electron chi connectivity index (χ2n) is 5.29. The first kappa shape index (κ1) is 16.0. The Kier molecular flexibility index (Phi) is 4.01. The lowest BCUT2D eigenvalue weighted by atomic mass is 10.1. The van der Waals surface area contributed by atoms with Crippen molar-refractivity contribution < 1.29 is 22.7 Å². The molecule has 24 heavy (non-hydrogen) atoms. The van der Waals surface area contributed by atoms with Gasteiger partial charge in [-0.3, -0.25) is 4.68 Å². The van der Waals surface area contributed by atoms with Crippen LogP contribution in [0.15, 0.2) is 48.7 Å². The predicted octanol–water partition coefficient (Wildman–Crippen LogP) is 3.89. The van der Waals surface area contributed by atoms with Gasteiger partial charge in [0.15, 0.2) is 0 Å². The molecule has 0 spiro atoms. The number of rotatable bonds is 3. The average molecular weight is 334 g/mol. The SMILES string of the molecule is COC(=O)c1ccc2cn(Cc3ccc(C(F)(F)F)cc3)nc2c1. The lowest BCUT2D eigenvalue weighted by molar-refractivity contribution is -0.137. The highest BCUT2D eigenvalue weighted by molar-refractivity contribution is 5.94. The van der Waals surface area contributed by atoms with E-state index in [2.05, 4.69) is 9.84 Å². The summed E-state index contributed by atoms with van der Waals surface area (Å²) in [6.45, 7) is 0.334. The van der Waals surface area contributed by atoms with Gasteiger partial charge in [0.1, 0.15) is 0 Å². The van der Waals surface area contributed by atoms with Crippen LogP contribution in [-0.4, -0.2) is 22.9 Å². The van der Waals surface area contributed by atoms with Gasteiger partial charge in [0.25, 0.3) is 0 Å². The molecule has 2 aromatic carbocycles. The van der Waals surface area contributed by atoms with E-state index in [4.69, 9.17) is 0 Å². The number of carbonyl (C=O) groups is 1. The van der Waals surface area contributed by atoms with Gasteiger partial charge >= 0.3 is 12.1 Å². The number of benzene rings is 2. The molecule has 3 aromatic rings. The summed E-state index contributed by atoms with van der Waals surface area (Å²) < 4.78 is 44.0. The van der Waals surface area contributed by atoms with E-state index in [1.807, 2.05) is 0 Å². The number of aromatic nitrogens is 2. The van der Waals surface area contributed by atoms with Crippen LogP contribution >= 0.6 is 0 Å². The Balaban J connectivity index is 1.84. The van der Waals surface area contributed by atoms with Crippen molar-refractivity contribution in [3.05, 3.63) is 65.4 Å². The first-order valence-electron chi connectivity index (χ1n) is 7.08. The van der Waals surface area contributed by atoms with Crippen LogP contribution in [-0.2, 0) is 17.5 Å². The van der Waals surface area contributed by atoms with E-state index in [1.165, 1.54) is 19.2 Å². The normalized spacial score (nSPS) is 11.7. The molecule has 0 aliphatic carbocycles. The van der Waals surface area contributed by atoms with Crippen molar-refractivity contribution in [2.75, 3.05) is 7.11 Å². The molecular formula is C17H13F3N2O2. The maximum absolute atomic E-state index is 12.6. The molecule has 0 N–H and O–H groups in total. The Morgan fingerprint density at radius 3 is 2.50 bits per heavy atom. The number of carbonyl (C=O) groups excluding carboxylic acids is 1. The summed E-state index contributed by atoms with van der Waals surface area (Å²) >= 11 is 0. The van der Waals surface area contributed by atoms with Crippen LogP contribution in [0.2, 0.25) is 0 Å². The first-order valence-corrected chi connectivity index (χ1v) is 7.08. The van der Waals surface area contributed by atoms with Crippen LogP contribution in [0.4, 0.5) is 13.2 Å². The van der Waals surface area contributed by atoms with Gasteiger partial charge in [-0.2, -0.15) is 18.3 Å². The molecule has 0 radical (unpaired) electrons. The van der Waals surface area contributed by atoms with Gasteiger partial charge in [-0.1, -0.05) is 18.2 Å². The zero-order valence-electron chi connectivity index (χ0n) is 12.7. The van der Waals surface area contributed by atoms with Crippen molar-refractivity contribution in [2.24, 2.45) is 0 Å². The Bertz CT molecular complexity index is 883. The fourth-order valence-electron chi connectivity index (χ4n) is 2.38. The van der Waals surface area contributed by atoms with Gasteiger partial charge in [-0.05, 0) is 29.8 Å².